The number of hydrogen-bond donors (Lipinski definition) is 1. The van der Waals surface area contributed by atoms with Crippen LogP contribution < -0.4 is 10.9 Å². The molecule has 0 spiro atoms. The van der Waals surface area contributed by atoms with Gasteiger partial charge in [-0.15, -0.1) is 0 Å². The third kappa shape index (κ3) is 4.69. The van der Waals surface area contributed by atoms with Gasteiger partial charge in [-0.2, -0.15) is 0 Å². The average molecular weight is 475 g/mol. The molecular formula is C25H22N4O4S. The van der Waals surface area contributed by atoms with E-state index in [-0.39, 0.29) is 22.7 Å². The van der Waals surface area contributed by atoms with Crippen LogP contribution in [0.3, 0.4) is 0 Å². The zero-order chi connectivity index (χ0) is 24.2. The molecule has 0 aliphatic carbocycles. The van der Waals surface area contributed by atoms with Gasteiger partial charge in [-0.25, -0.2) is 4.98 Å². The van der Waals surface area contributed by atoms with Crippen LogP contribution in [0.15, 0.2) is 76.7 Å². The molecule has 1 aromatic heterocycles. The Morgan fingerprint density at radius 3 is 2.62 bits per heavy atom. The van der Waals surface area contributed by atoms with Crippen LogP contribution >= 0.6 is 11.8 Å². The maximum absolute atomic E-state index is 13.4. The zero-order valence-electron chi connectivity index (χ0n) is 18.6. The van der Waals surface area contributed by atoms with Gasteiger partial charge in [-0.3, -0.25) is 24.3 Å². The Morgan fingerprint density at radius 1 is 1.12 bits per heavy atom. The van der Waals surface area contributed by atoms with Crippen molar-refractivity contribution in [2.45, 2.75) is 25.4 Å². The summed E-state index contributed by atoms with van der Waals surface area (Å²) in [5, 5.41) is 14.8. The molecule has 0 aliphatic rings. The van der Waals surface area contributed by atoms with Gasteiger partial charge < -0.3 is 5.32 Å². The smallest absolute Gasteiger partial charge is 0.293 e. The number of carbonyl (C=O) groups excluding carboxylic acids is 1. The van der Waals surface area contributed by atoms with Crippen LogP contribution in [-0.4, -0.2) is 26.1 Å². The summed E-state index contributed by atoms with van der Waals surface area (Å²) < 4.78 is 1.54. The van der Waals surface area contributed by atoms with E-state index in [9.17, 15) is 19.7 Å². The molecule has 34 heavy (non-hydrogen) atoms. The van der Waals surface area contributed by atoms with Crippen molar-refractivity contribution in [1.29, 1.82) is 0 Å². The van der Waals surface area contributed by atoms with E-state index in [0.29, 0.717) is 21.7 Å². The van der Waals surface area contributed by atoms with Gasteiger partial charge in [0.2, 0.25) is 5.91 Å². The maximum Gasteiger partial charge on any atom is 0.293 e. The van der Waals surface area contributed by atoms with Crippen molar-refractivity contribution in [3.63, 3.8) is 0 Å². The number of fused-ring (bicyclic) bond motifs is 1. The molecule has 1 heterocycles. The number of amides is 1. The number of aryl methyl sites for hydroxylation is 2. The lowest BCUT2D eigenvalue weighted by molar-refractivity contribution is -0.384. The van der Waals surface area contributed by atoms with Gasteiger partial charge in [0.1, 0.15) is 5.69 Å². The number of nitro groups is 1. The molecule has 0 unspecified atom stereocenters. The van der Waals surface area contributed by atoms with Crippen LogP contribution in [0.1, 0.15) is 18.1 Å². The molecule has 9 heteroatoms. The van der Waals surface area contributed by atoms with E-state index in [1.807, 2.05) is 31.2 Å². The summed E-state index contributed by atoms with van der Waals surface area (Å²) in [6, 6.07) is 19.3. The minimum absolute atomic E-state index is 0.0793. The summed E-state index contributed by atoms with van der Waals surface area (Å²) in [6.07, 6.45) is 0.719. The van der Waals surface area contributed by atoms with E-state index in [4.69, 9.17) is 0 Å². The van der Waals surface area contributed by atoms with Gasteiger partial charge in [0.05, 0.1) is 27.3 Å². The topological polar surface area (TPSA) is 107 Å². The quantitative estimate of drug-likeness (QED) is 0.177. The molecule has 8 nitrogen and oxygen atoms in total. The first-order chi connectivity index (χ1) is 16.4. The first-order valence-electron chi connectivity index (χ1n) is 10.7. The zero-order valence-corrected chi connectivity index (χ0v) is 19.5. The van der Waals surface area contributed by atoms with Crippen molar-refractivity contribution in [2.75, 3.05) is 11.1 Å². The highest BCUT2D eigenvalue weighted by atomic mass is 32.2. The van der Waals surface area contributed by atoms with Crippen molar-refractivity contribution >= 4 is 39.9 Å². The van der Waals surface area contributed by atoms with Crippen LogP contribution in [0.2, 0.25) is 0 Å². The van der Waals surface area contributed by atoms with E-state index in [1.165, 1.54) is 16.7 Å². The molecule has 0 radical (unpaired) electrons. The molecule has 172 valence electrons. The monoisotopic (exact) mass is 474 g/mol. The second kappa shape index (κ2) is 9.88. The predicted molar refractivity (Wildman–Crippen MR) is 134 cm³/mol. The summed E-state index contributed by atoms with van der Waals surface area (Å²) in [7, 11) is 0. The lowest BCUT2D eigenvalue weighted by atomic mass is 10.1. The van der Waals surface area contributed by atoms with Crippen molar-refractivity contribution in [2.24, 2.45) is 0 Å². The highest BCUT2D eigenvalue weighted by molar-refractivity contribution is 7.99. The van der Waals surface area contributed by atoms with Crippen LogP contribution in [0.5, 0.6) is 0 Å². The molecule has 4 rings (SSSR count). The van der Waals surface area contributed by atoms with Crippen LogP contribution in [0.4, 0.5) is 11.4 Å². The van der Waals surface area contributed by atoms with E-state index >= 15 is 0 Å². The first kappa shape index (κ1) is 23.2. The van der Waals surface area contributed by atoms with Gasteiger partial charge in [-0.05, 0) is 48.7 Å². The van der Waals surface area contributed by atoms with Gasteiger partial charge in [-0.1, -0.05) is 55.1 Å². The second-order valence-corrected chi connectivity index (χ2v) is 8.59. The number of hydrogen-bond acceptors (Lipinski definition) is 6. The molecule has 1 N–H and O–H groups in total. The fourth-order valence-electron chi connectivity index (χ4n) is 3.66. The standard InChI is InChI=1S/C25H22N4O4S/c1-3-17-8-4-7-11-21(17)28-24(31)18-9-5-6-10-19(18)27-25(28)34-15-23(30)26-20-13-12-16(2)14-22(20)29(32)33/h4-14H,3,15H2,1-2H3,(H,26,30). The van der Waals surface area contributed by atoms with Crippen molar-refractivity contribution in [1.82, 2.24) is 9.55 Å². The third-order valence-electron chi connectivity index (χ3n) is 5.31. The Balaban J connectivity index is 1.69. The molecular weight excluding hydrogens is 452 g/mol. The fraction of sp³-hybridized carbons (Fsp3) is 0.160. The molecule has 4 aromatic rings. The molecule has 0 atom stereocenters. The van der Waals surface area contributed by atoms with E-state index in [1.54, 1.807) is 37.3 Å². The van der Waals surface area contributed by atoms with Crippen molar-refractivity contribution < 1.29 is 9.72 Å². The summed E-state index contributed by atoms with van der Waals surface area (Å²) in [4.78, 5) is 41.6. The molecule has 3 aromatic carbocycles. The third-order valence-corrected chi connectivity index (χ3v) is 6.25. The first-order valence-corrected chi connectivity index (χ1v) is 11.7. The molecule has 0 bridgehead atoms. The average Bonchev–Trinajstić information content (AvgIpc) is 2.84. The Morgan fingerprint density at radius 2 is 1.85 bits per heavy atom. The molecule has 1 amide bonds. The van der Waals surface area contributed by atoms with Crippen molar-refractivity contribution in [3.05, 3.63) is 98.3 Å². The highest BCUT2D eigenvalue weighted by Crippen LogP contribution is 2.27. The SMILES string of the molecule is CCc1ccccc1-n1c(SCC(=O)Nc2ccc(C)cc2[N+](=O)[O-])nc2ccccc2c1=O. The highest BCUT2D eigenvalue weighted by Gasteiger charge is 2.19. The maximum atomic E-state index is 13.4. The number of carbonyl (C=O) groups is 1. The van der Waals surface area contributed by atoms with Crippen LogP contribution in [-0.2, 0) is 11.2 Å². The van der Waals surface area contributed by atoms with Gasteiger partial charge >= 0.3 is 0 Å². The van der Waals surface area contributed by atoms with Gasteiger partial charge in [0, 0.05) is 6.07 Å². The summed E-state index contributed by atoms with van der Waals surface area (Å²) in [5.74, 6) is -0.515. The predicted octanol–water partition coefficient (Wildman–Crippen LogP) is 4.90. The molecule has 0 saturated heterocycles. The normalized spacial score (nSPS) is 10.9. The number of anilines is 1. The Bertz CT molecular complexity index is 1470. The lowest BCUT2D eigenvalue weighted by Crippen LogP contribution is -2.24. The number of nitrogens with zero attached hydrogens (tertiary/aromatic N) is 3. The largest absolute Gasteiger partial charge is 0.320 e. The number of thioether (sulfide) groups is 1. The Hall–Kier alpha value is -3.98. The number of nitrogens with one attached hydrogen (secondary N) is 1. The Kier molecular flexibility index (Phi) is 6.74. The summed E-state index contributed by atoms with van der Waals surface area (Å²) >= 11 is 1.10. The summed E-state index contributed by atoms with van der Waals surface area (Å²) in [5.41, 5.74) is 2.68. The van der Waals surface area contributed by atoms with Crippen molar-refractivity contribution in [3.8, 4) is 5.69 Å². The van der Waals surface area contributed by atoms with Gasteiger partial charge in [0.15, 0.2) is 5.16 Å². The number of benzene rings is 3. The fourth-order valence-corrected chi connectivity index (χ4v) is 4.47. The number of aromatic nitrogens is 2. The van der Waals surface area contributed by atoms with Crippen LogP contribution in [0.25, 0.3) is 16.6 Å². The molecule has 0 saturated carbocycles. The summed E-state index contributed by atoms with van der Waals surface area (Å²) in [6.45, 7) is 3.75. The van der Waals surface area contributed by atoms with E-state index < -0.39 is 10.8 Å². The Labute approximate surface area is 199 Å². The number of nitro benzene ring substituents is 1. The van der Waals surface area contributed by atoms with E-state index in [2.05, 4.69) is 10.3 Å². The number of para-hydroxylation sites is 2. The number of rotatable bonds is 7. The minimum Gasteiger partial charge on any atom is -0.320 e. The minimum atomic E-state index is -0.528. The van der Waals surface area contributed by atoms with Gasteiger partial charge in [0.25, 0.3) is 11.2 Å². The second-order valence-electron chi connectivity index (χ2n) is 7.65. The van der Waals surface area contributed by atoms with E-state index in [0.717, 1.165) is 29.3 Å². The molecule has 0 aliphatic heterocycles. The molecule has 0 fully saturated rings. The van der Waals surface area contributed by atoms with Crippen LogP contribution in [0, 0.1) is 17.0 Å². The lowest BCUT2D eigenvalue weighted by Gasteiger charge is -2.16.